The van der Waals surface area contributed by atoms with Crippen LogP contribution in [0.2, 0.25) is 10.0 Å². The fourth-order valence-corrected chi connectivity index (χ4v) is 6.27. The fraction of sp³-hybridized carbons (Fsp3) is 0.431. The molecule has 0 saturated heterocycles. The molecular weight excluding hydrogens is 1480 g/mol. The van der Waals surface area contributed by atoms with Crippen LogP contribution in [-0.2, 0) is 55.8 Å². The van der Waals surface area contributed by atoms with Gasteiger partial charge < -0.3 is 81.7 Å². The molecule has 0 heterocycles. The Morgan fingerprint density at radius 1 is 0.539 bits per heavy atom. The molecule has 0 aliphatic rings. The molecule has 0 unspecified atom stereocenters. The number of carbonyl (C=O) groups is 9. The molecule has 6 amide bonds. The van der Waals surface area contributed by atoms with Crippen LogP contribution < -0.4 is 184 Å². The monoisotopic (exact) mass is 1550 g/mol. The van der Waals surface area contributed by atoms with E-state index in [1.807, 2.05) is 24.3 Å². The summed E-state index contributed by atoms with van der Waals surface area (Å²) in [4.78, 5) is 104. The van der Waals surface area contributed by atoms with Gasteiger partial charge in [0.25, 0.3) is 18.3 Å². The van der Waals surface area contributed by atoms with Crippen LogP contribution in [0, 0.1) is 0 Å². The molecule has 484 valence electrons. The van der Waals surface area contributed by atoms with Gasteiger partial charge in [-0.25, -0.2) is 28.8 Å². The van der Waals surface area contributed by atoms with Gasteiger partial charge in [0.2, 0.25) is 6.79 Å². The first-order valence-corrected chi connectivity index (χ1v) is 27.4. The molecule has 31 heteroatoms. The maximum atomic E-state index is 12.4. The second-order valence-electron chi connectivity index (χ2n) is 20.3. The Morgan fingerprint density at radius 3 is 1.18 bits per heavy atom. The molecule has 4 rings (SSSR count). The van der Waals surface area contributed by atoms with E-state index >= 15 is 0 Å². The summed E-state index contributed by atoms with van der Waals surface area (Å²) < 4.78 is 51.0. The van der Waals surface area contributed by atoms with Crippen LogP contribution >= 0.6 is 34.8 Å². The van der Waals surface area contributed by atoms with Crippen LogP contribution in [-0.4, -0.2) is 141 Å². The maximum Gasteiger partial charge on any atom is 1.00 e. The first kappa shape index (κ1) is 86.8. The van der Waals surface area contributed by atoms with Crippen molar-refractivity contribution in [2.24, 2.45) is 0 Å². The second kappa shape index (κ2) is 48.5. The van der Waals surface area contributed by atoms with Gasteiger partial charge in [-0.3, -0.25) is 18.8 Å². The molecule has 0 saturated carbocycles. The third-order valence-electron chi connectivity index (χ3n) is 9.94. The Morgan fingerprint density at radius 2 is 0.865 bits per heavy atom. The molecule has 0 aromatic heterocycles. The fourth-order valence-electron chi connectivity index (χ4n) is 5.92. The number of carbonyl (C=O) groups excluding carboxylic acids is 8. The van der Waals surface area contributed by atoms with E-state index in [1.54, 1.807) is 114 Å². The summed E-state index contributed by atoms with van der Waals surface area (Å²) in [5, 5.41) is 34.1. The van der Waals surface area contributed by atoms with E-state index in [4.69, 9.17) is 79.8 Å². The summed E-state index contributed by atoms with van der Waals surface area (Å²) in [6, 6.07) is 27.4. The number of amides is 6. The molecule has 0 aliphatic carbocycles. The van der Waals surface area contributed by atoms with Crippen molar-refractivity contribution in [3.05, 3.63) is 129 Å². The van der Waals surface area contributed by atoms with Crippen molar-refractivity contribution in [3.8, 4) is 11.5 Å². The van der Waals surface area contributed by atoms with Gasteiger partial charge in [0, 0.05) is 60.4 Å². The second-order valence-corrected chi connectivity index (χ2v) is 21.4. The van der Waals surface area contributed by atoms with Gasteiger partial charge in [-0.15, -0.1) is 0 Å². The summed E-state index contributed by atoms with van der Waals surface area (Å²) in [7, 11) is -1.00. The molecule has 7 N–H and O–H groups in total. The molecule has 89 heavy (non-hydrogen) atoms. The van der Waals surface area contributed by atoms with Gasteiger partial charge in [0.15, 0.2) is 17.3 Å². The number of hydrogen-bond donors (Lipinski definition) is 7. The van der Waals surface area contributed by atoms with Gasteiger partial charge in [-0.1, -0.05) is 59.1 Å². The van der Waals surface area contributed by atoms with E-state index in [0.29, 0.717) is 58.6 Å². The van der Waals surface area contributed by atoms with Crippen molar-refractivity contribution in [3.63, 3.8) is 0 Å². The standard InChI is InChI=1S/C28H36ClN3O8.C19H20ClNO4.C9H17ClN2O4.CH3F.CH2O3.2Cs.H/c1-27(2,3)40-26(36)32-17-16-31-25(35)38-18-37-24(34)28(4,5)39-22-12-6-19(7-13-22)14-15-30-23(33)20-8-10-21(29)11-9-20;1-19(2,18(23)24)25-16-9-3-13(4-10-16)11-12-21-17(22)14-5-7-15(20)8-6-14;1-9(2,3)16-8(14)12-5-4-11-7(13)15-6-10;1-2;2-1-4-3;;;/h6-13H,14-18H2,1-5H3,(H,30,33)(H,31,35)(H,32,36);3-10H,11-12H2,1-2H3,(H,21,22)(H,23,24);4-6H2,1-3H3,(H,11,13)(H,12,14);1H3;1,3H;;;/q;;;;;2*+1;-1/p-1/i;;;1D;;;;. The summed E-state index contributed by atoms with van der Waals surface area (Å²) in [5.41, 5.74) is -0.735. The zero-order valence-corrected chi connectivity index (χ0v) is 66.7. The number of ether oxygens (including phenoxy) is 7. The van der Waals surface area contributed by atoms with E-state index in [-0.39, 0.29) is 190 Å². The average molecular weight is 1560 g/mol. The molecule has 0 bridgehead atoms. The zero-order valence-electron chi connectivity index (χ0n) is 53.9. The normalized spacial score (nSPS) is 10.4. The average Bonchev–Trinajstić information content (AvgIpc) is 3.60. The van der Waals surface area contributed by atoms with Crippen LogP contribution in [0.25, 0.3) is 0 Å². The predicted molar refractivity (Wildman–Crippen MR) is 319 cm³/mol. The number of halogens is 4. The summed E-state index contributed by atoms with van der Waals surface area (Å²) in [6.07, 6.45) is -1.32. The van der Waals surface area contributed by atoms with Crippen LogP contribution in [0.1, 0.15) is 104 Å². The molecule has 0 radical (unpaired) electrons. The smallest absolute Gasteiger partial charge is 1.00 e. The molecule has 4 aromatic rings. The van der Waals surface area contributed by atoms with Gasteiger partial charge in [-0.2, -0.15) is 0 Å². The van der Waals surface area contributed by atoms with Gasteiger partial charge in [-0.05, 0) is 166 Å². The molecule has 0 fully saturated rings. The molecule has 0 atom stereocenters. The number of carboxylic acid groups (broad SMARTS) is 1. The Balaban J connectivity index is -0.000000633. The minimum atomic E-state index is -1.36. The molecule has 4 aromatic carbocycles. The van der Waals surface area contributed by atoms with Crippen LogP contribution in [0.15, 0.2) is 97.1 Å². The summed E-state index contributed by atoms with van der Waals surface area (Å²) in [6.45, 7) is 17.4. The number of alkyl halides is 2. The van der Waals surface area contributed by atoms with Crippen molar-refractivity contribution >= 4 is 89.4 Å². The van der Waals surface area contributed by atoms with Crippen molar-refractivity contribution in [1.29, 1.82) is 0 Å². The van der Waals surface area contributed by atoms with Gasteiger partial charge >= 0.3 is 174 Å². The maximum absolute atomic E-state index is 12.4. The van der Waals surface area contributed by atoms with Crippen LogP contribution in [0.5, 0.6) is 11.5 Å². The van der Waals surface area contributed by atoms with Crippen molar-refractivity contribution in [1.82, 2.24) is 31.9 Å². The Bertz CT molecular complexity index is 2780. The van der Waals surface area contributed by atoms with Crippen molar-refractivity contribution in [2.45, 2.75) is 104 Å². The first-order valence-electron chi connectivity index (χ1n) is 26.8. The molecule has 0 aliphatic heterocycles. The van der Waals surface area contributed by atoms with Crippen molar-refractivity contribution in [2.75, 3.05) is 59.3 Å². The van der Waals surface area contributed by atoms with Gasteiger partial charge in [0.1, 0.15) is 22.7 Å². The SMILES string of the molecule is CC(C)(C)OC(=O)NCCNC(=O)OCCl.CC(C)(C)OC(=O)NCCNC(=O)OCOC(=O)C(C)(C)Oc1ccc(CCNC(=O)c2ccc(Cl)cc2)cc1.CC(C)(Oc1ccc(CCNC(=O)c2ccc(Cl)cc2)cc1)C(=O)O.O=CO[O-].[2H]CF.[Cs+].[Cs+].[H-]. The molecular formula is C58H78Cl3Cs2FN6O19. The third-order valence-corrected chi connectivity index (χ3v) is 10.6. The first-order chi connectivity index (χ1) is 41.2. The van der Waals surface area contributed by atoms with E-state index in [1.165, 1.54) is 27.7 Å². The van der Waals surface area contributed by atoms with Gasteiger partial charge in [0.05, 0.1) is 8.52 Å². The quantitative estimate of drug-likeness (QED) is 0.00774. The Labute approximate surface area is 653 Å². The van der Waals surface area contributed by atoms with Crippen LogP contribution in [0.4, 0.5) is 23.6 Å². The van der Waals surface area contributed by atoms with E-state index < -0.39 is 72.7 Å². The van der Waals surface area contributed by atoms with Crippen molar-refractivity contribution < 1.29 is 237 Å². The number of hydrogen-bond acceptors (Lipinski definition) is 18. The Kier molecular flexibility index (Phi) is 47.3. The summed E-state index contributed by atoms with van der Waals surface area (Å²) in [5.74, 6) is -1.18. The largest absolute Gasteiger partial charge is 1.00 e. The number of benzene rings is 4. The number of aliphatic carboxylic acids is 1. The minimum absolute atomic E-state index is 0. The number of alkyl carbamates (subject to hydrolysis) is 4. The summed E-state index contributed by atoms with van der Waals surface area (Å²) >= 11 is 16.8. The minimum Gasteiger partial charge on any atom is -1.00 e. The van der Waals surface area contributed by atoms with E-state index in [9.17, 15) is 42.7 Å². The van der Waals surface area contributed by atoms with Crippen LogP contribution in [0.3, 0.4) is 0 Å². The Hall–Kier alpha value is -4.23. The molecule has 0 spiro atoms. The van der Waals surface area contributed by atoms with E-state index in [0.717, 1.165) is 11.1 Å². The zero-order chi connectivity index (χ0) is 66.9. The van der Waals surface area contributed by atoms with E-state index in [2.05, 4.69) is 41.5 Å². The number of esters is 1. The number of rotatable bonds is 24. The predicted octanol–water partition coefficient (Wildman–Crippen LogP) is 2.35. The molecule has 25 nitrogen and oxygen atoms in total. The topological polar surface area (TPSA) is 343 Å². The number of carboxylic acids is 1. The number of nitrogens with one attached hydrogen (secondary N) is 6. The third kappa shape index (κ3) is 44.8.